The summed E-state index contributed by atoms with van der Waals surface area (Å²) in [6.45, 7) is 0. The van der Waals surface area contributed by atoms with E-state index in [0.717, 1.165) is 10.5 Å². The van der Waals surface area contributed by atoms with Crippen LogP contribution in [0, 0.1) is 11.3 Å². The number of benzene rings is 1. The molecule has 1 aromatic heterocycles. The van der Waals surface area contributed by atoms with Gasteiger partial charge < -0.3 is 9.52 Å². The first-order valence-electron chi connectivity index (χ1n) is 8.09. The number of carbonyl (C=O) groups excluding carboxylic acids is 1. The van der Waals surface area contributed by atoms with Gasteiger partial charge in [-0.25, -0.2) is 0 Å². The summed E-state index contributed by atoms with van der Waals surface area (Å²) in [5, 5.41) is 21.4. The van der Waals surface area contributed by atoms with E-state index in [9.17, 15) is 15.2 Å². The Labute approximate surface area is 159 Å². The number of hydrogen-bond acceptors (Lipinski definition) is 6. The Bertz CT molecular complexity index is 915. The summed E-state index contributed by atoms with van der Waals surface area (Å²) in [5.41, 5.74) is -0.0843. The number of furan rings is 1. The molecule has 0 bridgehead atoms. The Kier molecular flexibility index (Phi) is 4.35. The lowest BCUT2D eigenvalue weighted by Crippen LogP contribution is -2.48. The van der Waals surface area contributed by atoms with Gasteiger partial charge in [-0.3, -0.25) is 9.69 Å². The van der Waals surface area contributed by atoms with Crippen LogP contribution in [0.3, 0.4) is 0 Å². The van der Waals surface area contributed by atoms with E-state index in [4.69, 9.17) is 4.42 Å². The highest BCUT2D eigenvalue weighted by Crippen LogP contribution is 2.51. The number of carbonyl (C=O) groups is 1. The smallest absolute Gasteiger partial charge is 0.231 e. The van der Waals surface area contributed by atoms with E-state index < -0.39 is 5.72 Å². The van der Waals surface area contributed by atoms with Gasteiger partial charge in [0.05, 0.1) is 28.7 Å². The first-order chi connectivity index (χ1) is 12.6. The molecule has 2 aliphatic heterocycles. The van der Waals surface area contributed by atoms with Crippen molar-refractivity contribution in [3.8, 4) is 6.07 Å². The maximum absolute atomic E-state index is 12.9. The van der Waals surface area contributed by atoms with Gasteiger partial charge in [-0.1, -0.05) is 12.1 Å². The van der Waals surface area contributed by atoms with E-state index in [-0.39, 0.29) is 24.0 Å². The number of amides is 1. The van der Waals surface area contributed by atoms with E-state index in [1.165, 1.54) is 22.9 Å². The van der Waals surface area contributed by atoms with E-state index in [1.807, 2.05) is 30.5 Å². The second kappa shape index (κ2) is 6.54. The minimum absolute atomic E-state index is 0.147. The van der Waals surface area contributed by atoms with Crippen molar-refractivity contribution in [1.29, 1.82) is 5.26 Å². The van der Waals surface area contributed by atoms with E-state index in [1.54, 1.807) is 23.9 Å². The van der Waals surface area contributed by atoms with Crippen LogP contribution in [0.15, 0.2) is 62.6 Å². The van der Waals surface area contributed by atoms with Crippen molar-refractivity contribution in [3.63, 3.8) is 0 Å². The summed E-state index contributed by atoms with van der Waals surface area (Å²) in [4.78, 5) is 15.4. The zero-order valence-electron chi connectivity index (χ0n) is 14.0. The average molecular weight is 384 g/mol. The number of allylic oxidation sites excluding steroid dienone is 1. The molecule has 2 aliphatic rings. The fraction of sp³-hybridized carbons (Fsp3) is 0.263. The molecule has 1 fully saturated rings. The molecule has 2 atom stereocenters. The average Bonchev–Trinajstić information content (AvgIpc) is 3.31. The number of thioether (sulfide) groups is 2. The van der Waals surface area contributed by atoms with Gasteiger partial charge >= 0.3 is 0 Å². The lowest BCUT2D eigenvalue weighted by atomic mass is 9.86. The topological polar surface area (TPSA) is 77.5 Å². The summed E-state index contributed by atoms with van der Waals surface area (Å²) in [7, 11) is 0. The molecule has 1 saturated heterocycles. The standard InChI is InChI=1S/C19H16N2O3S2/c1-25-13-6-4-12(5-7-13)14-9-17(22)21-18(15(14)10-20)26-11-19(21,23)16-3-2-8-24-16/h2-8,14,23H,9,11H2,1H3/t14-,19-/m0/s1. The van der Waals surface area contributed by atoms with Crippen LogP contribution in [-0.2, 0) is 10.5 Å². The molecule has 0 spiro atoms. The van der Waals surface area contributed by atoms with Crippen molar-refractivity contribution in [1.82, 2.24) is 4.90 Å². The lowest BCUT2D eigenvalue weighted by Gasteiger charge is -2.36. The molecular formula is C19H16N2O3S2. The van der Waals surface area contributed by atoms with Crippen molar-refractivity contribution in [2.45, 2.75) is 23.0 Å². The number of hydrogen-bond donors (Lipinski definition) is 1. The molecule has 4 rings (SSSR count). The van der Waals surface area contributed by atoms with Crippen LogP contribution in [0.5, 0.6) is 0 Å². The highest BCUT2D eigenvalue weighted by molar-refractivity contribution is 8.03. The van der Waals surface area contributed by atoms with Crippen LogP contribution < -0.4 is 0 Å². The van der Waals surface area contributed by atoms with Crippen molar-refractivity contribution in [3.05, 3.63) is 64.6 Å². The molecule has 1 aromatic carbocycles. The second-order valence-electron chi connectivity index (χ2n) is 6.17. The molecule has 132 valence electrons. The Morgan fingerprint density at radius 3 is 2.77 bits per heavy atom. The van der Waals surface area contributed by atoms with Crippen molar-refractivity contribution in [2.75, 3.05) is 12.0 Å². The minimum atomic E-state index is -1.55. The lowest BCUT2D eigenvalue weighted by molar-refractivity contribution is -0.152. The number of fused-ring (bicyclic) bond motifs is 1. The molecule has 7 heteroatoms. The molecular weight excluding hydrogens is 368 g/mol. The fourth-order valence-electron chi connectivity index (χ4n) is 3.44. The first-order valence-corrected chi connectivity index (χ1v) is 10.3. The summed E-state index contributed by atoms with van der Waals surface area (Å²) in [5.74, 6) is 0.0570. The molecule has 3 heterocycles. The van der Waals surface area contributed by atoms with E-state index in [2.05, 4.69) is 6.07 Å². The monoisotopic (exact) mass is 384 g/mol. The highest BCUT2D eigenvalue weighted by Gasteiger charge is 2.53. The predicted molar refractivity (Wildman–Crippen MR) is 100 cm³/mol. The third-order valence-corrected chi connectivity index (χ3v) is 6.71. The highest BCUT2D eigenvalue weighted by atomic mass is 32.2. The summed E-state index contributed by atoms with van der Waals surface area (Å²) < 4.78 is 5.36. The second-order valence-corrected chi connectivity index (χ2v) is 8.02. The SMILES string of the molecule is CSc1ccc([C@@H]2CC(=O)N3C(=C2C#N)SC[C@]3(O)c2ccco2)cc1. The van der Waals surface area contributed by atoms with Crippen molar-refractivity contribution >= 4 is 29.4 Å². The summed E-state index contributed by atoms with van der Waals surface area (Å²) >= 11 is 2.97. The van der Waals surface area contributed by atoms with Crippen LogP contribution in [0.2, 0.25) is 0 Å². The Morgan fingerprint density at radius 2 is 2.15 bits per heavy atom. The Balaban J connectivity index is 1.78. The molecule has 0 saturated carbocycles. The van der Waals surface area contributed by atoms with Crippen molar-refractivity contribution < 1.29 is 14.3 Å². The number of aliphatic hydroxyl groups is 1. The zero-order valence-corrected chi connectivity index (χ0v) is 15.6. The van der Waals surface area contributed by atoms with Gasteiger partial charge in [0.1, 0.15) is 0 Å². The Hall–Kier alpha value is -2.14. The van der Waals surface area contributed by atoms with Gasteiger partial charge in [0.25, 0.3) is 0 Å². The van der Waals surface area contributed by atoms with Gasteiger partial charge in [-0.15, -0.1) is 23.5 Å². The molecule has 5 nitrogen and oxygen atoms in total. The largest absolute Gasteiger partial charge is 0.464 e. The quantitative estimate of drug-likeness (QED) is 0.814. The molecule has 26 heavy (non-hydrogen) atoms. The van der Waals surface area contributed by atoms with Gasteiger partial charge in [-0.2, -0.15) is 5.26 Å². The molecule has 2 aromatic rings. The third kappa shape index (κ3) is 2.57. The molecule has 1 N–H and O–H groups in total. The fourth-order valence-corrected chi connectivity index (χ4v) is 5.18. The van der Waals surface area contributed by atoms with Gasteiger partial charge in [-0.05, 0) is 36.1 Å². The number of rotatable bonds is 3. The van der Waals surface area contributed by atoms with Crippen LogP contribution in [0.1, 0.15) is 23.7 Å². The third-order valence-electron chi connectivity index (χ3n) is 4.74. The molecule has 1 amide bonds. The molecule has 0 radical (unpaired) electrons. The first kappa shape index (κ1) is 17.3. The van der Waals surface area contributed by atoms with Crippen LogP contribution >= 0.6 is 23.5 Å². The molecule has 0 aliphatic carbocycles. The van der Waals surface area contributed by atoms with E-state index in [0.29, 0.717) is 16.4 Å². The predicted octanol–water partition coefficient (Wildman–Crippen LogP) is 3.64. The maximum atomic E-state index is 12.9. The Morgan fingerprint density at radius 1 is 1.38 bits per heavy atom. The van der Waals surface area contributed by atoms with Crippen LogP contribution in [0.25, 0.3) is 0 Å². The summed E-state index contributed by atoms with van der Waals surface area (Å²) in [6.07, 6.45) is 3.62. The van der Waals surface area contributed by atoms with Crippen LogP contribution in [-0.4, -0.2) is 27.9 Å². The molecule has 0 unspecified atom stereocenters. The van der Waals surface area contributed by atoms with E-state index >= 15 is 0 Å². The maximum Gasteiger partial charge on any atom is 0.231 e. The van der Waals surface area contributed by atoms with Gasteiger partial charge in [0, 0.05) is 17.2 Å². The van der Waals surface area contributed by atoms with Gasteiger partial charge in [0.2, 0.25) is 11.6 Å². The zero-order chi connectivity index (χ0) is 18.3. The number of nitriles is 1. The van der Waals surface area contributed by atoms with Crippen LogP contribution in [0.4, 0.5) is 0 Å². The summed E-state index contributed by atoms with van der Waals surface area (Å²) in [6, 6.07) is 13.5. The number of nitrogens with zero attached hydrogens (tertiary/aromatic N) is 2. The normalized spacial score (nSPS) is 25.3. The minimum Gasteiger partial charge on any atom is -0.464 e. The van der Waals surface area contributed by atoms with Crippen molar-refractivity contribution in [2.24, 2.45) is 0 Å². The van der Waals surface area contributed by atoms with Gasteiger partial charge in [0.15, 0.2) is 5.76 Å².